The summed E-state index contributed by atoms with van der Waals surface area (Å²) in [4.78, 5) is 12.1. The van der Waals surface area contributed by atoms with Gasteiger partial charge in [0.15, 0.2) is 5.82 Å². The molecule has 2 aromatic heterocycles. The number of carbonyl (C=O) groups is 1. The van der Waals surface area contributed by atoms with Crippen molar-refractivity contribution >= 4 is 17.4 Å². The van der Waals surface area contributed by atoms with Crippen molar-refractivity contribution in [3.8, 4) is 5.69 Å². The zero-order chi connectivity index (χ0) is 17.8. The van der Waals surface area contributed by atoms with Crippen LogP contribution < -0.4 is 10.6 Å². The van der Waals surface area contributed by atoms with E-state index >= 15 is 0 Å². The number of aromatic nitrogens is 6. The van der Waals surface area contributed by atoms with Crippen molar-refractivity contribution in [1.29, 1.82) is 0 Å². The van der Waals surface area contributed by atoms with Gasteiger partial charge in [-0.25, -0.2) is 9.18 Å². The number of urea groups is 1. The molecule has 0 spiro atoms. The third-order valence-electron chi connectivity index (χ3n) is 3.40. The van der Waals surface area contributed by atoms with Crippen LogP contribution in [-0.4, -0.2) is 36.0 Å². The van der Waals surface area contributed by atoms with Crippen molar-refractivity contribution in [2.24, 2.45) is 0 Å². The van der Waals surface area contributed by atoms with Gasteiger partial charge in [-0.2, -0.15) is 9.78 Å². The first-order valence-corrected chi connectivity index (χ1v) is 7.72. The number of aryl methyl sites for hydroxylation is 2. The van der Waals surface area contributed by atoms with Crippen LogP contribution in [0.2, 0.25) is 0 Å². The number of nitrogens with zero attached hydrogens (tertiary/aromatic N) is 6. The van der Waals surface area contributed by atoms with Gasteiger partial charge in [0, 0.05) is 18.4 Å². The molecule has 0 bridgehead atoms. The molecule has 0 aliphatic rings. The third kappa shape index (κ3) is 3.79. The van der Waals surface area contributed by atoms with Crippen molar-refractivity contribution in [2.45, 2.75) is 26.8 Å². The van der Waals surface area contributed by atoms with Crippen molar-refractivity contribution in [3.05, 3.63) is 42.2 Å². The number of tetrazole rings is 1. The van der Waals surface area contributed by atoms with Crippen LogP contribution in [0.1, 0.15) is 19.2 Å². The van der Waals surface area contributed by atoms with E-state index in [1.165, 1.54) is 22.9 Å². The number of carbonyl (C=O) groups excluding carboxylic acids is 1. The summed E-state index contributed by atoms with van der Waals surface area (Å²) in [6.07, 6.45) is 4.25. The van der Waals surface area contributed by atoms with E-state index in [1.807, 2.05) is 6.92 Å². The molecule has 2 amide bonds. The van der Waals surface area contributed by atoms with Gasteiger partial charge in [-0.15, -0.1) is 5.10 Å². The van der Waals surface area contributed by atoms with Gasteiger partial charge < -0.3 is 10.6 Å². The van der Waals surface area contributed by atoms with Crippen LogP contribution in [0, 0.1) is 12.7 Å². The highest BCUT2D eigenvalue weighted by Gasteiger charge is 2.12. The number of halogens is 1. The Balaban J connectivity index is 1.72. The maximum Gasteiger partial charge on any atom is 0.323 e. The summed E-state index contributed by atoms with van der Waals surface area (Å²) < 4.78 is 17.0. The van der Waals surface area contributed by atoms with E-state index in [2.05, 4.69) is 31.3 Å². The molecular formula is C15H17FN8O. The average molecular weight is 344 g/mol. The average Bonchev–Trinajstić information content (AvgIpc) is 3.19. The zero-order valence-corrected chi connectivity index (χ0v) is 13.8. The molecule has 10 heteroatoms. The van der Waals surface area contributed by atoms with Gasteiger partial charge in [0.25, 0.3) is 0 Å². The predicted molar refractivity (Wildman–Crippen MR) is 89.0 cm³/mol. The quantitative estimate of drug-likeness (QED) is 0.740. The molecule has 0 unspecified atom stereocenters. The van der Waals surface area contributed by atoms with Gasteiger partial charge in [0.2, 0.25) is 0 Å². The number of amides is 2. The van der Waals surface area contributed by atoms with Crippen LogP contribution in [0.5, 0.6) is 0 Å². The second-order valence-electron chi connectivity index (χ2n) is 5.38. The van der Waals surface area contributed by atoms with Crippen molar-refractivity contribution in [3.63, 3.8) is 0 Å². The lowest BCUT2D eigenvalue weighted by molar-refractivity contribution is 0.262. The number of nitrogens with one attached hydrogen (secondary N) is 2. The van der Waals surface area contributed by atoms with E-state index in [-0.39, 0.29) is 5.69 Å². The van der Waals surface area contributed by atoms with Gasteiger partial charge in [-0.3, -0.25) is 4.68 Å². The largest absolute Gasteiger partial charge is 0.323 e. The molecule has 2 N–H and O–H groups in total. The van der Waals surface area contributed by atoms with Crippen molar-refractivity contribution < 1.29 is 9.18 Å². The number of hydrogen-bond acceptors (Lipinski definition) is 5. The van der Waals surface area contributed by atoms with Crippen LogP contribution >= 0.6 is 0 Å². The molecular weight excluding hydrogens is 327 g/mol. The first kappa shape index (κ1) is 16.6. The highest BCUT2D eigenvalue weighted by Crippen LogP contribution is 2.19. The molecule has 2 heterocycles. The van der Waals surface area contributed by atoms with E-state index in [0.29, 0.717) is 17.2 Å². The molecule has 3 aromatic rings. The van der Waals surface area contributed by atoms with Gasteiger partial charge >= 0.3 is 6.03 Å². The molecule has 0 atom stereocenters. The third-order valence-corrected chi connectivity index (χ3v) is 3.40. The zero-order valence-electron chi connectivity index (χ0n) is 13.8. The number of benzene rings is 1. The normalized spacial score (nSPS) is 10.7. The molecule has 0 fully saturated rings. The fourth-order valence-electron chi connectivity index (χ4n) is 2.28. The lowest BCUT2D eigenvalue weighted by Gasteiger charge is -2.09. The minimum atomic E-state index is -0.498. The Kier molecular flexibility index (Phi) is 4.68. The van der Waals surface area contributed by atoms with Crippen LogP contribution in [0.15, 0.2) is 30.6 Å². The second-order valence-corrected chi connectivity index (χ2v) is 5.38. The van der Waals surface area contributed by atoms with E-state index in [1.54, 1.807) is 24.0 Å². The van der Waals surface area contributed by atoms with Gasteiger partial charge in [-0.05, 0) is 42.0 Å². The summed E-state index contributed by atoms with van der Waals surface area (Å²) in [6, 6.07) is 3.70. The minimum Gasteiger partial charge on any atom is -0.308 e. The van der Waals surface area contributed by atoms with Crippen molar-refractivity contribution in [2.75, 3.05) is 10.6 Å². The minimum absolute atomic E-state index is 0.149. The Morgan fingerprint density at radius 1 is 1.28 bits per heavy atom. The van der Waals surface area contributed by atoms with Crippen molar-refractivity contribution in [1.82, 2.24) is 30.0 Å². The van der Waals surface area contributed by atoms with E-state index in [4.69, 9.17) is 0 Å². The summed E-state index contributed by atoms with van der Waals surface area (Å²) in [5.74, 6) is -0.0639. The lowest BCUT2D eigenvalue weighted by atomic mass is 10.2. The first-order valence-electron chi connectivity index (χ1n) is 7.72. The molecule has 0 saturated carbocycles. The standard InChI is InChI=1S/C15H17FN8O/c1-3-6-23-9-12(8-17-23)19-15(25)18-11-4-5-13(16)14(7-11)24-10(2)20-21-22-24/h4-5,7-9H,3,6H2,1-2H3,(H2,18,19,25). The molecule has 0 radical (unpaired) electrons. The van der Waals surface area contributed by atoms with Gasteiger partial charge in [0.1, 0.15) is 11.5 Å². The highest BCUT2D eigenvalue weighted by molar-refractivity contribution is 5.99. The topological polar surface area (TPSA) is 103 Å². The first-order chi connectivity index (χ1) is 12.1. The molecule has 0 aliphatic heterocycles. The van der Waals surface area contributed by atoms with Gasteiger partial charge in [-0.1, -0.05) is 6.92 Å². The fraction of sp³-hybridized carbons (Fsp3) is 0.267. The maximum atomic E-state index is 14.0. The fourth-order valence-corrected chi connectivity index (χ4v) is 2.28. The number of rotatable bonds is 5. The molecule has 0 aliphatic carbocycles. The lowest BCUT2D eigenvalue weighted by Crippen LogP contribution is -2.19. The summed E-state index contributed by atoms with van der Waals surface area (Å²) >= 11 is 0. The molecule has 1 aromatic carbocycles. The highest BCUT2D eigenvalue weighted by atomic mass is 19.1. The Bertz CT molecular complexity index is 887. The number of hydrogen-bond donors (Lipinski definition) is 2. The molecule has 3 rings (SSSR count). The van der Waals surface area contributed by atoms with Crippen LogP contribution in [0.25, 0.3) is 5.69 Å². The van der Waals surface area contributed by atoms with Gasteiger partial charge in [0.05, 0.1) is 11.9 Å². The molecule has 25 heavy (non-hydrogen) atoms. The number of anilines is 2. The SMILES string of the molecule is CCCn1cc(NC(=O)Nc2ccc(F)c(-n3nnnc3C)c2)cn1. The van der Waals surface area contributed by atoms with E-state index in [0.717, 1.165) is 13.0 Å². The smallest absolute Gasteiger partial charge is 0.308 e. The Hall–Kier alpha value is -3.30. The predicted octanol–water partition coefficient (Wildman–Crippen LogP) is 2.36. The Morgan fingerprint density at radius 3 is 2.80 bits per heavy atom. The molecule has 0 saturated heterocycles. The van der Waals surface area contributed by atoms with E-state index in [9.17, 15) is 9.18 Å². The summed E-state index contributed by atoms with van der Waals surface area (Å²) in [7, 11) is 0. The monoisotopic (exact) mass is 344 g/mol. The maximum absolute atomic E-state index is 14.0. The summed E-state index contributed by atoms with van der Waals surface area (Å²) in [5.41, 5.74) is 1.13. The van der Waals surface area contributed by atoms with E-state index < -0.39 is 11.8 Å². The van der Waals surface area contributed by atoms with Crippen LogP contribution in [-0.2, 0) is 6.54 Å². The Morgan fingerprint density at radius 2 is 2.08 bits per heavy atom. The molecule has 130 valence electrons. The summed E-state index contributed by atoms with van der Waals surface area (Å²) in [6.45, 7) is 4.47. The van der Waals surface area contributed by atoms with Crippen LogP contribution in [0.4, 0.5) is 20.6 Å². The second kappa shape index (κ2) is 7.07. The van der Waals surface area contributed by atoms with Crippen LogP contribution in [0.3, 0.4) is 0 Å². The Labute approximate surface area is 142 Å². The molecule has 9 nitrogen and oxygen atoms in total. The summed E-state index contributed by atoms with van der Waals surface area (Å²) in [5, 5.41) is 20.4.